The van der Waals surface area contributed by atoms with Gasteiger partial charge in [-0.05, 0) is 30.5 Å². The molecule has 0 N–H and O–H groups in total. The van der Waals surface area contributed by atoms with Crippen molar-refractivity contribution >= 4 is 10.0 Å². The van der Waals surface area contributed by atoms with Gasteiger partial charge in [-0.15, -0.1) is 13.2 Å². The first-order chi connectivity index (χ1) is 11.2. The smallest absolute Gasteiger partial charge is 0.406 e. The lowest BCUT2D eigenvalue weighted by Crippen LogP contribution is -2.49. The van der Waals surface area contributed by atoms with Gasteiger partial charge >= 0.3 is 6.36 Å². The second-order valence-electron chi connectivity index (χ2n) is 6.11. The molecule has 3 rings (SSSR count). The summed E-state index contributed by atoms with van der Waals surface area (Å²) in [5.74, 6) is -0.244. The minimum Gasteiger partial charge on any atom is -0.406 e. The normalized spacial score (nSPS) is 21.0. The molecule has 9 heteroatoms. The standard InChI is InChI=1S/C15H19F3N2O3S/c16-15(17,18)23-13-3-1-12(2-4-13)11-19-7-9-20(10-8-19)24(21,22)14-5-6-14/h1-4,14H,5-11H2. The Bertz CT molecular complexity index is 664. The van der Waals surface area contributed by atoms with Gasteiger partial charge in [-0.1, -0.05) is 12.1 Å². The van der Waals surface area contributed by atoms with Crippen LogP contribution in [-0.2, 0) is 16.6 Å². The number of benzene rings is 1. The third-order valence-electron chi connectivity index (χ3n) is 4.20. The highest BCUT2D eigenvalue weighted by Gasteiger charge is 2.40. The Morgan fingerprint density at radius 1 is 1.04 bits per heavy atom. The first kappa shape index (κ1) is 17.5. The van der Waals surface area contributed by atoms with Crippen LogP contribution < -0.4 is 4.74 Å². The highest BCUT2D eigenvalue weighted by Crippen LogP contribution is 2.31. The predicted molar refractivity (Wildman–Crippen MR) is 81.9 cm³/mol. The summed E-state index contributed by atoms with van der Waals surface area (Å²) in [5, 5.41) is -0.190. The van der Waals surface area contributed by atoms with E-state index >= 15 is 0 Å². The molecule has 24 heavy (non-hydrogen) atoms. The van der Waals surface area contributed by atoms with Crippen molar-refractivity contribution in [2.45, 2.75) is 31.0 Å². The fourth-order valence-electron chi connectivity index (χ4n) is 2.77. The van der Waals surface area contributed by atoms with Gasteiger partial charge in [-0.25, -0.2) is 8.42 Å². The van der Waals surface area contributed by atoms with E-state index in [2.05, 4.69) is 9.64 Å². The van der Waals surface area contributed by atoms with E-state index in [0.29, 0.717) is 32.7 Å². The summed E-state index contributed by atoms with van der Waals surface area (Å²) in [6, 6.07) is 5.76. The van der Waals surface area contributed by atoms with Gasteiger partial charge in [0.15, 0.2) is 0 Å². The number of halogens is 3. The number of hydrogen-bond donors (Lipinski definition) is 0. The summed E-state index contributed by atoms with van der Waals surface area (Å²) in [5.41, 5.74) is 0.864. The zero-order valence-corrected chi connectivity index (χ0v) is 13.8. The molecule has 0 aromatic heterocycles. The minimum absolute atomic E-state index is 0.190. The number of sulfonamides is 1. The molecular formula is C15H19F3N2O3S. The fraction of sp³-hybridized carbons (Fsp3) is 0.600. The van der Waals surface area contributed by atoms with Gasteiger partial charge < -0.3 is 4.74 Å². The molecule has 0 unspecified atom stereocenters. The molecule has 5 nitrogen and oxygen atoms in total. The maximum absolute atomic E-state index is 12.2. The van der Waals surface area contributed by atoms with Crippen LogP contribution in [0.15, 0.2) is 24.3 Å². The Kier molecular flexibility index (Phi) is 4.76. The van der Waals surface area contributed by atoms with E-state index in [4.69, 9.17) is 0 Å². The predicted octanol–water partition coefficient (Wildman–Crippen LogP) is 2.20. The number of rotatable bonds is 5. The van der Waals surface area contributed by atoms with Gasteiger partial charge in [0, 0.05) is 32.7 Å². The molecule has 1 aromatic rings. The van der Waals surface area contributed by atoms with Crippen LogP contribution in [0.4, 0.5) is 13.2 Å². The summed E-state index contributed by atoms with van der Waals surface area (Å²) in [4.78, 5) is 2.10. The molecule has 1 heterocycles. The van der Waals surface area contributed by atoms with Crippen LogP contribution in [0.2, 0.25) is 0 Å². The molecule has 0 spiro atoms. The summed E-state index contributed by atoms with van der Waals surface area (Å²) in [6.45, 7) is 2.74. The first-order valence-corrected chi connectivity index (χ1v) is 9.30. The van der Waals surface area contributed by atoms with Crippen molar-refractivity contribution in [2.75, 3.05) is 26.2 Å². The van der Waals surface area contributed by atoms with Gasteiger partial charge in [-0.3, -0.25) is 4.90 Å². The molecule has 0 bridgehead atoms. The third kappa shape index (κ3) is 4.40. The maximum Gasteiger partial charge on any atom is 0.573 e. The monoisotopic (exact) mass is 364 g/mol. The molecule has 1 saturated heterocycles. The van der Waals surface area contributed by atoms with Crippen molar-refractivity contribution in [1.82, 2.24) is 9.21 Å². The molecule has 134 valence electrons. The number of piperazine rings is 1. The molecule has 1 aliphatic carbocycles. The zero-order valence-electron chi connectivity index (χ0n) is 13.0. The molecular weight excluding hydrogens is 345 g/mol. The summed E-state index contributed by atoms with van der Waals surface area (Å²) < 4.78 is 66.1. The summed E-state index contributed by atoms with van der Waals surface area (Å²) in [6.07, 6.45) is -3.17. The lowest BCUT2D eigenvalue weighted by Gasteiger charge is -2.34. The second-order valence-corrected chi connectivity index (χ2v) is 8.32. The fourth-order valence-corrected chi connectivity index (χ4v) is 4.60. The van der Waals surface area contributed by atoms with E-state index in [9.17, 15) is 21.6 Å². The van der Waals surface area contributed by atoms with E-state index in [-0.39, 0.29) is 11.0 Å². The SMILES string of the molecule is O=S(=O)(C1CC1)N1CCN(Cc2ccc(OC(F)(F)F)cc2)CC1. The summed E-state index contributed by atoms with van der Waals surface area (Å²) >= 11 is 0. The van der Waals surface area contributed by atoms with Gasteiger partial charge in [0.2, 0.25) is 10.0 Å². The maximum atomic E-state index is 12.2. The van der Waals surface area contributed by atoms with Crippen molar-refractivity contribution in [3.05, 3.63) is 29.8 Å². The molecule has 2 fully saturated rings. The molecule has 1 aromatic carbocycles. The quantitative estimate of drug-likeness (QED) is 0.804. The Labute approximate surface area is 139 Å². The highest BCUT2D eigenvalue weighted by molar-refractivity contribution is 7.90. The Morgan fingerprint density at radius 2 is 1.62 bits per heavy atom. The van der Waals surface area contributed by atoms with E-state index in [1.165, 1.54) is 12.1 Å². The lowest BCUT2D eigenvalue weighted by molar-refractivity contribution is -0.274. The van der Waals surface area contributed by atoms with Crippen molar-refractivity contribution in [3.63, 3.8) is 0 Å². The molecule has 2 aliphatic rings. The van der Waals surface area contributed by atoms with Crippen LogP contribution >= 0.6 is 0 Å². The van der Waals surface area contributed by atoms with Crippen LogP contribution in [-0.4, -0.2) is 55.4 Å². The molecule has 1 saturated carbocycles. The second kappa shape index (κ2) is 6.53. The van der Waals surface area contributed by atoms with Gasteiger partial charge in [-0.2, -0.15) is 4.31 Å². The van der Waals surface area contributed by atoms with Crippen molar-refractivity contribution in [3.8, 4) is 5.75 Å². The molecule has 1 aliphatic heterocycles. The minimum atomic E-state index is -4.69. The zero-order chi connectivity index (χ0) is 17.4. The van der Waals surface area contributed by atoms with Crippen LogP contribution in [0.5, 0.6) is 5.75 Å². The van der Waals surface area contributed by atoms with E-state index in [1.807, 2.05) is 0 Å². The Hall–Kier alpha value is -1.32. The molecule has 0 atom stereocenters. The van der Waals surface area contributed by atoms with E-state index in [0.717, 1.165) is 18.4 Å². The number of alkyl halides is 3. The topological polar surface area (TPSA) is 49.9 Å². The van der Waals surface area contributed by atoms with Crippen LogP contribution in [0.1, 0.15) is 18.4 Å². The summed E-state index contributed by atoms with van der Waals surface area (Å²) in [7, 11) is -3.12. The average molecular weight is 364 g/mol. The average Bonchev–Trinajstić information content (AvgIpc) is 3.33. The van der Waals surface area contributed by atoms with E-state index < -0.39 is 16.4 Å². The van der Waals surface area contributed by atoms with Crippen molar-refractivity contribution in [1.29, 1.82) is 0 Å². The lowest BCUT2D eigenvalue weighted by atomic mass is 10.2. The van der Waals surface area contributed by atoms with Crippen LogP contribution in [0.25, 0.3) is 0 Å². The molecule has 0 amide bonds. The largest absolute Gasteiger partial charge is 0.573 e. The third-order valence-corrected chi connectivity index (χ3v) is 6.60. The number of ether oxygens (including phenoxy) is 1. The van der Waals surface area contributed by atoms with Crippen LogP contribution in [0.3, 0.4) is 0 Å². The van der Waals surface area contributed by atoms with Crippen LogP contribution in [0, 0.1) is 0 Å². The highest BCUT2D eigenvalue weighted by atomic mass is 32.2. The Balaban J connectivity index is 1.51. The van der Waals surface area contributed by atoms with Crippen molar-refractivity contribution < 1.29 is 26.3 Å². The van der Waals surface area contributed by atoms with Gasteiger partial charge in [0.05, 0.1) is 5.25 Å². The first-order valence-electron chi connectivity index (χ1n) is 7.80. The van der Waals surface area contributed by atoms with Crippen molar-refractivity contribution in [2.24, 2.45) is 0 Å². The number of nitrogens with zero attached hydrogens (tertiary/aromatic N) is 2. The number of hydrogen-bond acceptors (Lipinski definition) is 4. The van der Waals surface area contributed by atoms with Gasteiger partial charge in [0.1, 0.15) is 5.75 Å². The molecule has 0 radical (unpaired) electrons. The Morgan fingerprint density at radius 3 is 2.12 bits per heavy atom. The van der Waals surface area contributed by atoms with Gasteiger partial charge in [0.25, 0.3) is 0 Å². The van der Waals surface area contributed by atoms with E-state index in [1.54, 1.807) is 16.4 Å².